The molecule has 1 rings (SSSR count). The van der Waals surface area contributed by atoms with Crippen LogP contribution in [0.2, 0.25) is 19.6 Å². The average Bonchev–Trinajstić information content (AvgIpc) is 2.46. The van der Waals surface area contributed by atoms with Crippen molar-refractivity contribution in [2.24, 2.45) is 0 Å². The fourth-order valence-corrected chi connectivity index (χ4v) is 1.28. The van der Waals surface area contributed by atoms with Crippen molar-refractivity contribution >= 4 is 14.4 Å². The van der Waals surface area contributed by atoms with Gasteiger partial charge in [0.15, 0.2) is 12.0 Å². The largest absolute Gasteiger partial charge is 0.460 e. The van der Waals surface area contributed by atoms with Gasteiger partial charge in [-0.05, 0) is 6.07 Å². The van der Waals surface area contributed by atoms with Gasteiger partial charge in [-0.2, -0.15) is 0 Å². The maximum absolute atomic E-state index is 10.5. The normalized spacial score (nSPS) is 10.4. The van der Waals surface area contributed by atoms with Gasteiger partial charge in [-0.15, -0.1) is 5.54 Å². The van der Waals surface area contributed by atoms with Crippen LogP contribution in [0.25, 0.3) is 0 Å². The number of carbonyl (C=O) groups excluding carboxylic acids is 1. The zero-order valence-corrected chi connectivity index (χ0v) is 9.05. The van der Waals surface area contributed by atoms with E-state index >= 15 is 0 Å². The molecule has 0 aliphatic carbocycles. The molecule has 0 bridgehead atoms. The van der Waals surface area contributed by atoms with Crippen molar-refractivity contribution in [2.75, 3.05) is 0 Å². The Kier molecular flexibility index (Phi) is 2.74. The Balaban J connectivity index is 2.95. The second kappa shape index (κ2) is 3.63. The topological polar surface area (TPSA) is 30.2 Å². The van der Waals surface area contributed by atoms with E-state index in [0.717, 1.165) is 0 Å². The van der Waals surface area contributed by atoms with Gasteiger partial charge in [-0.25, -0.2) is 0 Å². The molecule has 0 atom stereocenters. The molecule has 1 aromatic heterocycles. The summed E-state index contributed by atoms with van der Waals surface area (Å²) < 4.78 is 4.92. The lowest BCUT2D eigenvalue weighted by molar-refractivity contribution is 0.110. The Labute approximate surface area is 79.0 Å². The van der Waals surface area contributed by atoms with Crippen molar-refractivity contribution in [1.82, 2.24) is 0 Å². The number of rotatable bonds is 1. The van der Waals surface area contributed by atoms with Gasteiger partial charge < -0.3 is 4.42 Å². The molecule has 2 nitrogen and oxygen atoms in total. The summed E-state index contributed by atoms with van der Waals surface area (Å²) in [6.45, 7) is 6.46. The molecule has 3 heteroatoms. The molecule has 0 N–H and O–H groups in total. The summed E-state index contributed by atoms with van der Waals surface area (Å²) in [7, 11) is -1.37. The van der Waals surface area contributed by atoms with E-state index in [0.29, 0.717) is 17.6 Å². The van der Waals surface area contributed by atoms with E-state index in [9.17, 15) is 4.79 Å². The Morgan fingerprint density at radius 2 is 2.15 bits per heavy atom. The van der Waals surface area contributed by atoms with Gasteiger partial charge in [0.2, 0.25) is 0 Å². The molecular weight excluding hydrogens is 180 g/mol. The van der Waals surface area contributed by atoms with Crippen LogP contribution in [-0.2, 0) is 0 Å². The smallest absolute Gasteiger partial charge is 0.186 e. The first-order valence-corrected chi connectivity index (χ1v) is 7.59. The highest BCUT2D eigenvalue weighted by atomic mass is 28.3. The predicted octanol–water partition coefficient (Wildman–Crippen LogP) is 2.32. The molecule has 0 unspecified atom stereocenters. The molecule has 0 aliphatic heterocycles. The first-order valence-electron chi connectivity index (χ1n) is 4.09. The molecule has 1 aromatic rings. The van der Waals surface area contributed by atoms with E-state index in [1.165, 1.54) is 6.26 Å². The lowest BCUT2D eigenvalue weighted by atomic mass is 10.3. The summed E-state index contributed by atoms with van der Waals surface area (Å²) in [5, 5.41) is 0. The Hall–Kier alpha value is -1.27. The van der Waals surface area contributed by atoms with E-state index in [1.54, 1.807) is 6.07 Å². The van der Waals surface area contributed by atoms with E-state index < -0.39 is 8.07 Å². The standard InChI is InChI=1S/C10H12O2Si/c1-13(2,3)7-5-9-4-6-12-10(9)8-11/h4,6,8H,1-3H3. The summed E-state index contributed by atoms with van der Waals surface area (Å²) in [4.78, 5) is 10.5. The molecular formula is C10H12O2Si. The van der Waals surface area contributed by atoms with Crippen LogP contribution >= 0.6 is 0 Å². The van der Waals surface area contributed by atoms with E-state index in [1.807, 2.05) is 0 Å². The third-order valence-corrected chi connectivity index (χ3v) is 2.25. The van der Waals surface area contributed by atoms with E-state index in [4.69, 9.17) is 4.42 Å². The first kappa shape index (κ1) is 9.81. The van der Waals surface area contributed by atoms with Gasteiger partial charge >= 0.3 is 0 Å². The van der Waals surface area contributed by atoms with Crippen LogP contribution in [-0.4, -0.2) is 14.4 Å². The van der Waals surface area contributed by atoms with Crippen molar-refractivity contribution < 1.29 is 9.21 Å². The van der Waals surface area contributed by atoms with Crippen molar-refractivity contribution in [3.63, 3.8) is 0 Å². The highest BCUT2D eigenvalue weighted by Gasteiger charge is 2.08. The third-order valence-electron chi connectivity index (χ3n) is 1.37. The highest BCUT2D eigenvalue weighted by Crippen LogP contribution is 2.06. The van der Waals surface area contributed by atoms with Crippen LogP contribution in [0.5, 0.6) is 0 Å². The molecule has 0 amide bonds. The second-order valence-electron chi connectivity index (χ2n) is 3.82. The lowest BCUT2D eigenvalue weighted by Crippen LogP contribution is -2.16. The molecule has 0 fully saturated rings. The minimum Gasteiger partial charge on any atom is -0.460 e. The zero-order valence-electron chi connectivity index (χ0n) is 8.05. The van der Waals surface area contributed by atoms with Crippen molar-refractivity contribution in [3.05, 3.63) is 23.7 Å². The van der Waals surface area contributed by atoms with Crippen LogP contribution in [0.4, 0.5) is 0 Å². The van der Waals surface area contributed by atoms with Crippen LogP contribution in [0.1, 0.15) is 16.1 Å². The summed E-state index contributed by atoms with van der Waals surface area (Å²) in [6.07, 6.45) is 2.17. The molecule has 0 saturated heterocycles. The lowest BCUT2D eigenvalue weighted by Gasteiger charge is -2.02. The first-order chi connectivity index (χ1) is 6.03. The molecule has 1 heterocycles. The maximum Gasteiger partial charge on any atom is 0.186 e. The predicted molar refractivity (Wildman–Crippen MR) is 54.3 cm³/mol. The molecule has 13 heavy (non-hydrogen) atoms. The van der Waals surface area contributed by atoms with Gasteiger partial charge in [0, 0.05) is 0 Å². The summed E-state index contributed by atoms with van der Waals surface area (Å²) in [5.41, 5.74) is 3.86. The van der Waals surface area contributed by atoms with Crippen LogP contribution in [0.3, 0.4) is 0 Å². The molecule has 68 valence electrons. The van der Waals surface area contributed by atoms with Gasteiger partial charge in [-0.3, -0.25) is 4.79 Å². The number of furan rings is 1. The van der Waals surface area contributed by atoms with Crippen LogP contribution in [0.15, 0.2) is 16.7 Å². The molecule has 0 spiro atoms. The number of hydrogen-bond acceptors (Lipinski definition) is 2. The summed E-state index contributed by atoms with van der Waals surface area (Å²) >= 11 is 0. The molecule has 0 saturated carbocycles. The fourth-order valence-electron chi connectivity index (χ4n) is 0.770. The Morgan fingerprint density at radius 1 is 1.46 bits per heavy atom. The van der Waals surface area contributed by atoms with Crippen molar-refractivity contribution in [1.29, 1.82) is 0 Å². The van der Waals surface area contributed by atoms with Gasteiger partial charge in [-0.1, -0.05) is 25.6 Å². The number of hydrogen-bond donors (Lipinski definition) is 0. The van der Waals surface area contributed by atoms with Gasteiger partial charge in [0.05, 0.1) is 11.8 Å². The van der Waals surface area contributed by atoms with Crippen molar-refractivity contribution in [3.8, 4) is 11.5 Å². The van der Waals surface area contributed by atoms with Crippen LogP contribution in [0, 0.1) is 11.5 Å². The second-order valence-corrected chi connectivity index (χ2v) is 8.57. The van der Waals surface area contributed by atoms with Gasteiger partial charge in [0.25, 0.3) is 0 Å². The number of carbonyl (C=O) groups is 1. The quantitative estimate of drug-likeness (QED) is 0.388. The van der Waals surface area contributed by atoms with E-state index in [-0.39, 0.29) is 0 Å². The average molecular weight is 192 g/mol. The monoisotopic (exact) mass is 192 g/mol. The molecule has 0 radical (unpaired) electrons. The zero-order chi connectivity index (χ0) is 9.90. The Morgan fingerprint density at radius 3 is 2.69 bits per heavy atom. The van der Waals surface area contributed by atoms with Gasteiger partial charge in [0.1, 0.15) is 8.07 Å². The minimum atomic E-state index is -1.37. The SMILES string of the molecule is C[Si](C)(C)C#Cc1ccoc1C=O. The highest BCUT2D eigenvalue weighted by molar-refractivity contribution is 6.83. The summed E-state index contributed by atoms with van der Waals surface area (Å²) in [5.74, 6) is 3.30. The van der Waals surface area contributed by atoms with Crippen LogP contribution < -0.4 is 0 Å². The fraction of sp³-hybridized carbons (Fsp3) is 0.300. The van der Waals surface area contributed by atoms with Crippen molar-refractivity contribution in [2.45, 2.75) is 19.6 Å². The molecule has 0 aliphatic rings. The maximum atomic E-state index is 10.5. The molecule has 0 aromatic carbocycles. The summed E-state index contributed by atoms with van der Waals surface area (Å²) in [6, 6.07) is 1.72. The minimum absolute atomic E-state index is 0.325. The third kappa shape index (κ3) is 2.92. The van der Waals surface area contributed by atoms with E-state index in [2.05, 4.69) is 31.1 Å². The Bertz CT molecular complexity index is 360. The number of aldehydes is 1.